The van der Waals surface area contributed by atoms with E-state index in [9.17, 15) is 0 Å². The lowest BCUT2D eigenvalue weighted by molar-refractivity contribution is 0.0817. The molecule has 0 aliphatic carbocycles. The number of benzene rings is 1. The second-order valence-electron chi connectivity index (χ2n) is 3.66. The molecule has 2 N–H and O–H groups in total. The molecular formula is C10H16ClNO. The molecule has 0 bridgehead atoms. The summed E-state index contributed by atoms with van der Waals surface area (Å²) in [7, 11) is 0. The number of hydroxylamine groups is 1. The lowest BCUT2D eigenvalue weighted by atomic mass is 9.96. The Morgan fingerprint density at radius 1 is 1.23 bits per heavy atom. The molecule has 74 valence electrons. The van der Waals surface area contributed by atoms with Gasteiger partial charge in [0.15, 0.2) is 0 Å². The summed E-state index contributed by atoms with van der Waals surface area (Å²) in [5.74, 6) is 0. The van der Waals surface area contributed by atoms with Crippen molar-refractivity contribution in [3.8, 4) is 0 Å². The molecule has 0 atom stereocenters. The number of halogens is 1. The van der Waals surface area contributed by atoms with Crippen molar-refractivity contribution in [2.45, 2.75) is 25.8 Å². The fourth-order valence-electron chi connectivity index (χ4n) is 1.15. The molecule has 0 fully saturated rings. The normalized spacial score (nSPS) is 10.7. The molecule has 1 aromatic rings. The average molecular weight is 202 g/mol. The van der Waals surface area contributed by atoms with Gasteiger partial charge in [-0.1, -0.05) is 30.3 Å². The third kappa shape index (κ3) is 4.27. The highest BCUT2D eigenvalue weighted by atomic mass is 35.5. The van der Waals surface area contributed by atoms with Crippen molar-refractivity contribution in [1.29, 1.82) is 0 Å². The van der Waals surface area contributed by atoms with Crippen LogP contribution in [0.2, 0.25) is 0 Å². The van der Waals surface area contributed by atoms with E-state index in [1.54, 1.807) is 0 Å². The van der Waals surface area contributed by atoms with Crippen LogP contribution in [0.25, 0.3) is 0 Å². The van der Waals surface area contributed by atoms with E-state index in [1.165, 1.54) is 5.56 Å². The highest BCUT2D eigenvalue weighted by Gasteiger charge is 2.15. The molecule has 3 heteroatoms. The number of nitrogens with one attached hydrogen (secondary N) is 1. The predicted octanol–water partition coefficient (Wildman–Crippen LogP) is 2.41. The highest BCUT2D eigenvalue weighted by Crippen LogP contribution is 2.10. The molecular weight excluding hydrogens is 186 g/mol. The van der Waals surface area contributed by atoms with Crippen molar-refractivity contribution in [2.24, 2.45) is 0 Å². The summed E-state index contributed by atoms with van der Waals surface area (Å²) in [6, 6.07) is 10.1. The van der Waals surface area contributed by atoms with Crippen LogP contribution < -0.4 is 5.48 Å². The molecule has 1 aromatic carbocycles. The minimum atomic E-state index is -0.249. The summed E-state index contributed by atoms with van der Waals surface area (Å²) in [5.41, 5.74) is 3.27. The molecule has 0 aliphatic rings. The molecule has 0 aliphatic heterocycles. The number of hydrogen-bond donors (Lipinski definition) is 2. The highest BCUT2D eigenvalue weighted by molar-refractivity contribution is 5.85. The average Bonchev–Trinajstić information content (AvgIpc) is 2.06. The van der Waals surface area contributed by atoms with Gasteiger partial charge in [-0.15, -0.1) is 12.4 Å². The summed E-state index contributed by atoms with van der Waals surface area (Å²) in [6.45, 7) is 3.92. The third-order valence-electron chi connectivity index (χ3n) is 1.79. The second-order valence-corrected chi connectivity index (χ2v) is 3.66. The fraction of sp³-hybridized carbons (Fsp3) is 0.400. The van der Waals surface area contributed by atoms with Gasteiger partial charge in [-0.3, -0.25) is 0 Å². The van der Waals surface area contributed by atoms with Gasteiger partial charge >= 0.3 is 0 Å². The molecule has 13 heavy (non-hydrogen) atoms. The van der Waals surface area contributed by atoms with E-state index < -0.39 is 0 Å². The Morgan fingerprint density at radius 3 is 2.23 bits per heavy atom. The molecule has 0 aromatic heterocycles. The quantitative estimate of drug-likeness (QED) is 0.737. The summed E-state index contributed by atoms with van der Waals surface area (Å²) in [4.78, 5) is 0. The molecule has 0 saturated carbocycles. The van der Waals surface area contributed by atoms with E-state index in [0.717, 1.165) is 6.42 Å². The summed E-state index contributed by atoms with van der Waals surface area (Å²) < 4.78 is 0. The van der Waals surface area contributed by atoms with Crippen molar-refractivity contribution in [2.75, 3.05) is 0 Å². The molecule has 2 nitrogen and oxygen atoms in total. The first-order valence-electron chi connectivity index (χ1n) is 4.09. The molecule has 0 unspecified atom stereocenters. The zero-order valence-electron chi connectivity index (χ0n) is 7.95. The van der Waals surface area contributed by atoms with E-state index in [-0.39, 0.29) is 17.9 Å². The Bertz CT molecular complexity index is 236. The summed E-state index contributed by atoms with van der Waals surface area (Å²) in [6.07, 6.45) is 0.824. The smallest absolute Gasteiger partial charge is 0.0414 e. The Hall–Kier alpha value is -0.570. The van der Waals surface area contributed by atoms with E-state index >= 15 is 0 Å². The number of hydrogen-bond acceptors (Lipinski definition) is 2. The molecule has 0 saturated heterocycles. The minimum Gasteiger partial charge on any atom is -0.316 e. The summed E-state index contributed by atoms with van der Waals surface area (Å²) in [5, 5.41) is 8.81. The van der Waals surface area contributed by atoms with Crippen molar-refractivity contribution in [1.82, 2.24) is 5.48 Å². The third-order valence-corrected chi connectivity index (χ3v) is 1.79. The largest absolute Gasteiger partial charge is 0.316 e. The van der Waals surface area contributed by atoms with Crippen molar-refractivity contribution >= 4 is 12.4 Å². The van der Waals surface area contributed by atoms with Gasteiger partial charge in [0.05, 0.1) is 0 Å². The first-order valence-corrected chi connectivity index (χ1v) is 4.09. The van der Waals surface area contributed by atoms with Crippen LogP contribution in [0.3, 0.4) is 0 Å². The van der Waals surface area contributed by atoms with E-state index in [1.807, 2.05) is 32.0 Å². The van der Waals surface area contributed by atoms with Crippen LogP contribution in [0.15, 0.2) is 30.3 Å². The predicted molar refractivity (Wildman–Crippen MR) is 56.4 cm³/mol. The van der Waals surface area contributed by atoms with Crippen LogP contribution in [0.4, 0.5) is 0 Å². The topological polar surface area (TPSA) is 32.3 Å². The van der Waals surface area contributed by atoms with Crippen LogP contribution in [0, 0.1) is 0 Å². The van der Waals surface area contributed by atoms with Crippen LogP contribution in [0.1, 0.15) is 19.4 Å². The van der Waals surface area contributed by atoms with Gasteiger partial charge in [0.1, 0.15) is 0 Å². The Labute approximate surface area is 85.3 Å². The van der Waals surface area contributed by atoms with Gasteiger partial charge in [-0.25, -0.2) is 0 Å². The van der Waals surface area contributed by atoms with Gasteiger partial charge in [-0.2, -0.15) is 5.48 Å². The minimum absolute atomic E-state index is 0. The lowest BCUT2D eigenvalue weighted by Crippen LogP contribution is -2.38. The second kappa shape index (κ2) is 5.22. The van der Waals surface area contributed by atoms with Gasteiger partial charge in [0.25, 0.3) is 0 Å². The number of rotatable bonds is 3. The van der Waals surface area contributed by atoms with Crippen LogP contribution in [-0.2, 0) is 6.42 Å². The van der Waals surface area contributed by atoms with Crippen LogP contribution in [-0.4, -0.2) is 10.7 Å². The van der Waals surface area contributed by atoms with Gasteiger partial charge in [0, 0.05) is 5.54 Å². The molecule has 0 amide bonds. The standard InChI is InChI=1S/C10H15NO.ClH/c1-10(2,11-12)8-9-6-4-3-5-7-9;/h3-7,11-12H,8H2,1-2H3;1H. The van der Waals surface area contributed by atoms with E-state index in [0.29, 0.717) is 0 Å². The first-order chi connectivity index (χ1) is 5.64. The maximum absolute atomic E-state index is 8.81. The monoisotopic (exact) mass is 201 g/mol. The zero-order chi connectivity index (χ0) is 9.03. The maximum atomic E-state index is 8.81. The Kier molecular flexibility index (Phi) is 4.99. The van der Waals surface area contributed by atoms with Crippen molar-refractivity contribution in [3.63, 3.8) is 0 Å². The Balaban J connectivity index is 0.00000144. The fourth-order valence-corrected chi connectivity index (χ4v) is 1.15. The SMILES string of the molecule is CC(C)(Cc1ccccc1)NO.Cl. The van der Waals surface area contributed by atoms with E-state index in [2.05, 4.69) is 17.6 Å². The lowest BCUT2D eigenvalue weighted by Gasteiger charge is -2.22. The van der Waals surface area contributed by atoms with Crippen molar-refractivity contribution in [3.05, 3.63) is 35.9 Å². The van der Waals surface area contributed by atoms with E-state index in [4.69, 9.17) is 5.21 Å². The van der Waals surface area contributed by atoms with Crippen LogP contribution in [0.5, 0.6) is 0 Å². The van der Waals surface area contributed by atoms with Gasteiger partial charge in [-0.05, 0) is 25.8 Å². The molecule has 0 spiro atoms. The first kappa shape index (κ1) is 12.4. The summed E-state index contributed by atoms with van der Waals surface area (Å²) >= 11 is 0. The molecule has 1 rings (SSSR count). The van der Waals surface area contributed by atoms with Gasteiger partial charge < -0.3 is 5.21 Å². The van der Waals surface area contributed by atoms with Gasteiger partial charge in [0.2, 0.25) is 0 Å². The zero-order valence-corrected chi connectivity index (χ0v) is 8.77. The van der Waals surface area contributed by atoms with Crippen molar-refractivity contribution < 1.29 is 5.21 Å². The molecule has 0 heterocycles. The molecule has 0 radical (unpaired) electrons. The van der Waals surface area contributed by atoms with Crippen LogP contribution >= 0.6 is 12.4 Å². The Morgan fingerprint density at radius 2 is 1.77 bits per heavy atom. The maximum Gasteiger partial charge on any atom is 0.0414 e.